The number of nitrogens with one attached hydrogen (secondary N) is 1. The maximum atomic E-state index is 13.0. The highest BCUT2D eigenvalue weighted by molar-refractivity contribution is 5.65. The van der Waals surface area contributed by atoms with Gasteiger partial charge in [-0.25, -0.2) is 13.6 Å². The third-order valence-corrected chi connectivity index (χ3v) is 3.06. The first-order valence-corrected chi connectivity index (χ1v) is 5.75. The van der Waals surface area contributed by atoms with Crippen LogP contribution in [0.4, 0.5) is 19.3 Å². The van der Waals surface area contributed by atoms with Crippen LogP contribution in [-0.4, -0.2) is 35.2 Å². The molecule has 1 aliphatic rings. The Balaban J connectivity index is 1.91. The first kappa shape index (κ1) is 12.6. The number of likely N-dealkylation sites (tertiary alicyclic amines) is 1. The van der Waals surface area contributed by atoms with Crippen molar-refractivity contribution < 1.29 is 18.7 Å². The van der Waals surface area contributed by atoms with E-state index in [4.69, 9.17) is 5.11 Å². The van der Waals surface area contributed by atoms with Crippen LogP contribution in [0.15, 0.2) is 18.2 Å². The van der Waals surface area contributed by atoms with Gasteiger partial charge in [-0.1, -0.05) is 0 Å². The smallest absolute Gasteiger partial charge is 0.407 e. The van der Waals surface area contributed by atoms with Gasteiger partial charge in [-0.05, 0) is 25.0 Å². The Morgan fingerprint density at radius 1 is 1.28 bits per heavy atom. The van der Waals surface area contributed by atoms with E-state index >= 15 is 0 Å². The van der Waals surface area contributed by atoms with Crippen molar-refractivity contribution in [2.45, 2.75) is 18.9 Å². The molecular weight excluding hydrogens is 242 g/mol. The molecule has 1 heterocycles. The van der Waals surface area contributed by atoms with Gasteiger partial charge in [-0.15, -0.1) is 0 Å². The lowest BCUT2D eigenvalue weighted by Crippen LogP contribution is -2.41. The molecule has 4 nitrogen and oxygen atoms in total. The van der Waals surface area contributed by atoms with Gasteiger partial charge in [-0.3, -0.25) is 0 Å². The summed E-state index contributed by atoms with van der Waals surface area (Å²) in [4.78, 5) is 12.1. The number of halogens is 2. The second kappa shape index (κ2) is 5.20. The Kier molecular flexibility index (Phi) is 3.64. The molecular formula is C12H14F2N2O2. The summed E-state index contributed by atoms with van der Waals surface area (Å²) < 4.78 is 25.7. The van der Waals surface area contributed by atoms with Crippen molar-refractivity contribution in [3.8, 4) is 0 Å². The summed E-state index contributed by atoms with van der Waals surface area (Å²) in [5.41, 5.74) is 0.516. The van der Waals surface area contributed by atoms with E-state index in [-0.39, 0.29) is 6.04 Å². The quantitative estimate of drug-likeness (QED) is 0.854. The first-order chi connectivity index (χ1) is 8.56. The molecule has 2 rings (SSSR count). The van der Waals surface area contributed by atoms with E-state index < -0.39 is 17.7 Å². The molecule has 0 spiro atoms. The van der Waals surface area contributed by atoms with Gasteiger partial charge in [0.25, 0.3) is 0 Å². The fourth-order valence-corrected chi connectivity index (χ4v) is 2.04. The van der Waals surface area contributed by atoms with Crippen LogP contribution in [0.1, 0.15) is 12.8 Å². The highest BCUT2D eigenvalue weighted by Crippen LogP contribution is 2.18. The first-order valence-electron chi connectivity index (χ1n) is 5.75. The zero-order valence-corrected chi connectivity index (χ0v) is 9.70. The molecule has 0 aromatic heterocycles. The molecule has 0 atom stereocenters. The summed E-state index contributed by atoms with van der Waals surface area (Å²) in [5.74, 6) is -1.76. The lowest BCUT2D eigenvalue weighted by atomic mass is 10.1. The van der Waals surface area contributed by atoms with Gasteiger partial charge < -0.3 is 15.3 Å². The average molecular weight is 256 g/mol. The minimum absolute atomic E-state index is 0.0884. The maximum absolute atomic E-state index is 13.0. The van der Waals surface area contributed by atoms with Crippen LogP contribution in [0.25, 0.3) is 0 Å². The molecule has 0 aliphatic carbocycles. The van der Waals surface area contributed by atoms with E-state index in [2.05, 4.69) is 5.32 Å². The molecule has 1 aromatic rings. The van der Waals surface area contributed by atoms with Crippen molar-refractivity contribution >= 4 is 11.8 Å². The minimum atomic E-state index is -0.915. The maximum Gasteiger partial charge on any atom is 0.407 e. The number of nitrogens with zero attached hydrogens (tertiary/aromatic N) is 1. The van der Waals surface area contributed by atoms with Crippen molar-refractivity contribution in [2.75, 3.05) is 18.4 Å². The third kappa shape index (κ3) is 2.88. The number of hydrogen-bond donors (Lipinski definition) is 2. The van der Waals surface area contributed by atoms with Crippen LogP contribution < -0.4 is 5.32 Å². The summed E-state index contributed by atoms with van der Waals surface area (Å²) in [6.07, 6.45) is 0.401. The summed E-state index contributed by atoms with van der Waals surface area (Å²) in [6.45, 7) is 0.910. The molecule has 18 heavy (non-hydrogen) atoms. The van der Waals surface area contributed by atoms with Crippen molar-refractivity contribution in [2.24, 2.45) is 0 Å². The van der Waals surface area contributed by atoms with Crippen molar-refractivity contribution in [1.82, 2.24) is 4.90 Å². The fraction of sp³-hybridized carbons (Fsp3) is 0.417. The van der Waals surface area contributed by atoms with Gasteiger partial charge in [0.1, 0.15) is 0 Å². The van der Waals surface area contributed by atoms with Crippen LogP contribution in [0.2, 0.25) is 0 Å². The van der Waals surface area contributed by atoms with Gasteiger partial charge in [0.15, 0.2) is 11.6 Å². The highest BCUT2D eigenvalue weighted by atomic mass is 19.2. The normalized spacial score (nSPS) is 16.7. The fourth-order valence-electron chi connectivity index (χ4n) is 2.04. The number of amides is 1. The zero-order valence-electron chi connectivity index (χ0n) is 9.70. The molecule has 1 amide bonds. The number of benzene rings is 1. The minimum Gasteiger partial charge on any atom is -0.465 e. The zero-order chi connectivity index (χ0) is 13.1. The Hall–Kier alpha value is -1.85. The summed E-state index contributed by atoms with van der Waals surface area (Å²) in [5, 5.41) is 11.9. The van der Waals surface area contributed by atoms with Crippen molar-refractivity contribution in [1.29, 1.82) is 0 Å². The van der Waals surface area contributed by atoms with Gasteiger partial charge in [-0.2, -0.15) is 0 Å². The average Bonchev–Trinajstić information content (AvgIpc) is 2.34. The monoisotopic (exact) mass is 256 g/mol. The van der Waals surface area contributed by atoms with E-state index in [1.807, 2.05) is 0 Å². The van der Waals surface area contributed by atoms with Crippen molar-refractivity contribution in [3.63, 3.8) is 0 Å². The molecule has 0 unspecified atom stereocenters. The predicted octanol–water partition coefficient (Wildman–Crippen LogP) is 2.52. The molecule has 0 bridgehead atoms. The third-order valence-electron chi connectivity index (χ3n) is 3.06. The van der Waals surface area contributed by atoms with Gasteiger partial charge in [0.2, 0.25) is 0 Å². The molecule has 1 aliphatic heterocycles. The number of anilines is 1. The van der Waals surface area contributed by atoms with E-state index in [1.54, 1.807) is 0 Å². The molecule has 2 N–H and O–H groups in total. The van der Waals surface area contributed by atoms with Crippen LogP contribution in [0, 0.1) is 11.6 Å². The molecule has 1 fully saturated rings. The van der Waals surface area contributed by atoms with E-state index in [9.17, 15) is 13.6 Å². The van der Waals surface area contributed by atoms with Gasteiger partial charge in [0, 0.05) is 30.9 Å². The van der Waals surface area contributed by atoms with Crippen LogP contribution >= 0.6 is 0 Å². The number of carbonyl (C=O) groups is 1. The Labute approximate surface area is 103 Å². The lowest BCUT2D eigenvalue weighted by Gasteiger charge is -2.31. The Bertz CT molecular complexity index is 446. The SMILES string of the molecule is O=C(O)N1CCC(Nc2ccc(F)c(F)c2)CC1. The summed E-state index contributed by atoms with van der Waals surface area (Å²) in [6, 6.07) is 3.75. The van der Waals surface area contributed by atoms with Gasteiger partial charge >= 0.3 is 6.09 Å². The Morgan fingerprint density at radius 2 is 1.94 bits per heavy atom. The van der Waals surface area contributed by atoms with E-state index in [1.165, 1.54) is 11.0 Å². The molecule has 6 heteroatoms. The Morgan fingerprint density at radius 3 is 2.50 bits per heavy atom. The molecule has 0 saturated carbocycles. The van der Waals surface area contributed by atoms with Crippen LogP contribution in [0.3, 0.4) is 0 Å². The highest BCUT2D eigenvalue weighted by Gasteiger charge is 2.22. The number of hydrogen-bond acceptors (Lipinski definition) is 2. The number of piperidine rings is 1. The molecule has 98 valence electrons. The predicted molar refractivity (Wildman–Crippen MR) is 62.6 cm³/mol. The molecule has 1 aromatic carbocycles. The number of rotatable bonds is 2. The summed E-state index contributed by atoms with van der Waals surface area (Å²) in [7, 11) is 0. The van der Waals surface area contributed by atoms with Crippen molar-refractivity contribution in [3.05, 3.63) is 29.8 Å². The standard InChI is InChI=1S/C12H14F2N2O2/c13-10-2-1-9(7-11(10)14)15-8-3-5-16(6-4-8)12(17)18/h1-2,7-8,15H,3-6H2,(H,17,18). The van der Waals surface area contributed by atoms with Crippen LogP contribution in [-0.2, 0) is 0 Å². The van der Waals surface area contributed by atoms with E-state index in [0.29, 0.717) is 31.6 Å². The number of carboxylic acid groups (broad SMARTS) is 1. The van der Waals surface area contributed by atoms with Crippen LogP contribution in [0.5, 0.6) is 0 Å². The molecule has 1 saturated heterocycles. The lowest BCUT2D eigenvalue weighted by molar-refractivity contribution is 0.134. The topological polar surface area (TPSA) is 52.6 Å². The van der Waals surface area contributed by atoms with E-state index in [0.717, 1.165) is 12.1 Å². The second-order valence-corrected chi connectivity index (χ2v) is 4.32. The second-order valence-electron chi connectivity index (χ2n) is 4.32. The largest absolute Gasteiger partial charge is 0.465 e. The van der Waals surface area contributed by atoms with Gasteiger partial charge in [0.05, 0.1) is 0 Å². The molecule has 0 radical (unpaired) electrons. The summed E-state index contributed by atoms with van der Waals surface area (Å²) >= 11 is 0.